The van der Waals surface area contributed by atoms with Crippen molar-refractivity contribution in [2.24, 2.45) is 0 Å². The Morgan fingerprint density at radius 1 is 1.38 bits per heavy atom. The maximum absolute atomic E-state index is 12.9. The van der Waals surface area contributed by atoms with Crippen molar-refractivity contribution in [3.05, 3.63) is 52.6 Å². The number of aromatic nitrogens is 2. The molecule has 0 saturated carbocycles. The number of hydrogen-bond acceptors (Lipinski definition) is 2. The van der Waals surface area contributed by atoms with E-state index in [9.17, 15) is 4.79 Å². The van der Waals surface area contributed by atoms with Gasteiger partial charge in [-0.15, -0.1) is 0 Å². The van der Waals surface area contributed by atoms with Gasteiger partial charge in [-0.2, -0.15) is 0 Å². The van der Waals surface area contributed by atoms with Gasteiger partial charge < -0.3 is 9.47 Å². The fourth-order valence-electron chi connectivity index (χ4n) is 3.43. The number of rotatable bonds is 3. The molecule has 2 aromatic rings. The van der Waals surface area contributed by atoms with Crippen LogP contribution in [-0.4, -0.2) is 33.4 Å². The van der Waals surface area contributed by atoms with Crippen LogP contribution >= 0.6 is 11.6 Å². The number of hydrogen-bond donors (Lipinski definition) is 0. The number of benzene rings is 1. The third kappa shape index (κ3) is 3.20. The highest BCUT2D eigenvalue weighted by Crippen LogP contribution is 2.29. The van der Waals surface area contributed by atoms with Crippen LogP contribution in [0.4, 0.5) is 0 Å². The van der Waals surface area contributed by atoms with Crippen molar-refractivity contribution in [1.29, 1.82) is 0 Å². The van der Waals surface area contributed by atoms with Gasteiger partial charge in [-0.05, 0) is 45.2 Å². The van der Waals surface area contributed by atoms with E-state index >= 15 is 0 Å². The van der Waals surface area contributed by atoms with Crippen molar-refractivity contribution in [3.63, 3.8) is 0 Å². The molecule has 0 spiro atoms. The molecule has 0 aliphatic carbocycles. The number of aryl methyl sites for hydroxylation is 1. The molecule has 24 heavy (non-hydrogen) atoms. The second kappa shape index (κ2) is 6.98. The maximum Gasteiger partial charge on any atom is 0.255 e. The second-order valence-electron chi connectivity index (χ2n) is 6.81. The van der Waals surface area contributed by atoms with Gasteiger partial charge in [0.05, 0.1) is 10.6 Å². The number of amides is 1. The van der Waals surface area contributed by atoms with E-state index < -0.39 is 0 Å². The van der Waals surface area contributed by atoms with Gasteiger partial charge in [0, 0.05) is 37.4 Å². The van der Waals surface area contributed by atoms with E-state index in [2.05, 4.69) is 23.4 Å². The van der Waals surface area contributed by atoms with Gasteiger partial charge in [0.2, 0.25) is 0 Å². The largest absolute Gasteiger partial charge is 0.338 e. The van der Waals surface area contributed by atoms with Crippen molar-refractivity contribution < 1.29 is 4.79 Å². The van der Waals surface area contributed by atoms with Crippen LogP contribution in [0.15, 0.2) is 30.6 Å². The predicted molar refractivity (Wildman–Crippen MR) is 96.7 cm³/mol. The van der Waals surface area contributed by atoms with Gasteiger partial charge in [-0.3, -0.25) is 4.79 Å². The lowest BCUT2D eigenvalue weighted by Crippen LogP contribution is -2.40. The Balaban J connectivity index is 1.82. The molecule has 128 valence electrons. The first-order valence-corrected chi connectivity index (χ1v) is 8.94. The molecule has 0 N–H and O–H groups in total. The SMILES string of the molecule is Cc1cccc(C(=O)N2CCC[C@H](c3nccn3C(C)C)C2)c1Cl. The number of carbonyl (C=O) groups excluding carboxylic acids is 1. The molecule has 0 unspecified atom stereocenters. The minimum atomic E-state index is 0.0241. The molecule has 1 aromatic heterocycles. The Bertz CT molecular complexity index is 738. The Labute approximate surface area is 148 Å². The van der Waals surface area contributed by atoms with Crippen molar-refractivity contribution in [2.45, 2.75) is 45.6 Å². The molecular formula is C19H24ClN3O. The highest BCUT2D eigenvalue weighted by atomic mass is 35.5. The van der Waals surface area contributed by atoms with Crippen molar-refractivity contribution in [1.82, 2.24) is 14.5 Å². The molecule has 1 atom stereocenters. The average molecular weight is 346 g/mol. The van der Waals surface area contributed by atoms with E-state index in [1.165, 1.54) is 0 Å². The summed E-state index contributed by atoms with van der Waals surface area (Å²) < 4.78 is 2.21. The summed E-state index contributed by atoms with van der Waals surface area (Å²) >= 11 is 6.35. The van der Waals surface area contributed by atoms with Gasteiger partial charge >= 0.3 is 0 Å². The number of likely N-dealkylation sites (tertiary alicyclic amines) is 1. The molecule has 4 nitrogen and oxygen atoms in total. The molecule has 1 fully saturated rings. The lowest BCUT2D eigenvalue weighted by Gasteiger charge is -2.33. The molecule has 1 aliphatic heterocycles. The molecule has 1 amide bonds. The van der Waals surface area contributed by atoms with E-state index in [1.54, 1.807) is 0 Å². The van der Waals surface area contributed by atoms with Gasteiger partial charge in [0.25, 0.3) is 5.91 Å². The zero-order chi connectivity index (χ0) is 17.3. The highest BCUT2D eigenvalue weighted by Gasteiger charge is 2.29. The van der Waals surface area contributed by atoms with Gasteiger partial charge in [-0.25, -0.2) is 4.98 Å². The van der Waals surface area contributed by atoms with Crippen LogP contribution in [0.3, 0.4) is 0 Å². The topological polar surface area (TPSA) is 38.1 Å². The quantitative estimate of drug-likeness (QED) is 0.824. The summed E-state index contributed by atoms with van der Waals surface area (Å²) in [7, 11) is 0. The van der Waals surface area contributed by atoms with Crippen LogP contribution in [0.1, 0.15) is 60.4 Å². The summed E-state index contributed by atoms with van der Waals surface area (Å²) in [6, 6.07) is 6.01. The summed E-state index contributed by atoms with van der Waals surface area (Å²) in [5.41, 5.74) is 1.54. The summed E-state index contributed by atoms with van der Waals surface area (Å²) in [6.45, 7) is 7.72. The molecule has 5 heteroatoms. The fraction of sp³-hybridized carbons (Fsp3) is 0.474. The molecule has 0 bridgehead atoms. The molecule has 0 radical (unpaired) electrons. The highest BCUT2D eigenvalue weighted by molar-refractivity contribution is 6.34. The monoisotopic (exact) mass is 345 g/mol. The average Bonchev–Trinajstić information content (AvgIpc) is 3.07. The Kier molecular flexibility index (Phi) is 4.95. The smallest absolute Gasteiger partial charge is 0.255 e. The third-order valence-corrected chi connectivity index (χ3v) is 5.25. The summed E-state index contributed by atoms with van der Waals surface area (Å²) in [6.07, 6.45) is 5.94. The number of halogens is 1. The normalized spacial score (nSPS) is 18.2. The van der Waals surface area contributed by atoms with E-state index in [4.69, 9.17) is 11.6 Å². The molecule has 1 aliphatic rings. The Morgan fingerprint density at radius 3 is 2.92 bits per heavy atom. The summed E-state index contributed by atoms with van der Waals surface area (Å²) in [4.78, 5) is 19.4. The van der Waals surface area contributed by atoms with Crippen molar-refractivity contribution in [2.75, 3.05) is 13.1 Å². The molecule has 3 rings (SSSR count). The van der Waals surface area contributed by atoms with Crippen LogP contribution in [0.25, 0.3) is 0 Å². The molecule has 1 aromatic carbocycles. The molecular weight excluding hydrogens is 322 g/mol. The number of carbonyl (C=O) groups is 1. The molecule has 2 heterocycles. The van der Waals surface area contributed by atoms with E-state index in [0.29, 0.717) is 23.2 Å². The second-order valence-corrected chi connectivity index (χ2v) is 7.19. The summed E-state index contributed by atoms with van der Waals surface area (Å²) in [5, 5.41) is 0.563. The first kappa shape index (κ1) is 17.0. The van der Waals surface area contributed by atoms with Crippen LogP contribution in [0.2, 0.25) is 5.02 Å². The maximum atomic E-state index is 12.9. The minimum Gasteiger partial charge on any atom is -0.338 e. The Hall–Kier alpha value is -1.81. The summed E-state index contributed by atoms with van der Waals surface area (Å²) in [5.74, 6) is 1.39. The van der Waals surface area contributed by atoms with Crippen LogP contribution in [0.5, 0.6) is 0 Å². The van der Waals surface area contributed by atoms with Crippen LogP contribution in [-0.2, 0) is 0 Å². The predicted octanol–water partition coefficient (Wildman–Crippen LogP) is 4.45. The van der Waals surface area contributed by atoms with Crippen molar-refractivity contribution in [3.8, 4) is 0 Å². The van der Waals surface area contributed by atoms with Crippen molar-refractivity contribution >= 4 is 17.5 Å². The van der Waals surface area contributed by atoms with Crippen LogP contribution < -0.4 is 0 Å². The zero-order valence-corrected chi connectivity index (χ0v) is 15.3. The third-order valence-electron chi connectivity index (χ3n) is 4.75. The number of nitrogens with zero attached hydrogens (tertiary/aromatic N) is 3. The lowest BCUT2D eigenvalue weighted by molar-refractivity contribution is 0.0703. The van der Waals surface area contributed by atoms with E-state index in [0.717, 1.165) is 30.8 Å². The zero-order valence-electron chi connectivity index (χ0n) is 14.5. The lowest BCUT2D eigenvalue weighted by atomic mass is 9.96. The minimum absolute atomic E-state index is 0.0241. The molecule has 1 saturated heterocycles. The standard InChI is InChI=1S/C19H24ClN3O/c1-13(2)23-11-9-21-18(23)15-7-5-10-22(12-15)19(24)16-8-4-6-14(3)17(16)20/h4,6,8-9,11,13,15H,5,7,10,12H2,1-3H3/t15-/m0/s1. The number of imidazole rings is 1. The van der Waals surface area contributed by atoms with Crippen LogP contribution in [0, 0.1) is 6.92 Å². The van der Waals surface area contributed by atoms with Gasteiger partial charge in [0.15, 0.2) is 0 Å². The first-order chi connectivity index (χ1) is 11.5. The van der Waals surface area contributed by atoms with Gasteiger partial charge in [0.1, 0.15) is 5.82 Å². The van der Waals surface area contributed by atoms with E-state index in [-0.39, 0.29) is 11.8 Å². The first-order valence-electron chi connectivity index (χ1n) is 8.56. The van der Waals surface area contributed by atoms with Gasteiger partial charge in [-0.1, -0.05) is 23.7 Å². The van der Waals surface area contributed by atoms with E-state index in [1.807, 2.05) is 42.4 Å². The number of piperidine rings is 1. The fourth-order valence-corrected chi connectivity index (χ4v) is 3.64. The Morgan fingerprint density at radius 2 is 2.17 bits per heavy atom.